The Labute approximate surface area is 117 Å². The maximum atomic E-state index is 9.57. The summed E-state index contributed by atoms with van der Waals surface area (Å²) in [7, 11) is 0. The first-order valence-corrected chi connectivity index (χ1v) is 6.88. The molecule has 106 valence electrons. The van der Waals surface area contributed by atoms with E-state index in [0.717, 1.165) is 12.8 Å². The number of nitrogens with zero attached hydrogens (tertiary/aromatic N) is 2. The minimum atomic E-state index is -0.746. The van der Waals surface area contributed by atoms with Gasteiger partial charge in [0.1, 0.15) is 6.10 Å². The summed E-state index contributed by atoms with van der Waals surface area (Å²) in [5, 5.41) is 13.7. The molecule has 2 aromatic rings. The molecular formula is C15H18N2O3. The molecule has 20 heavy (non-hydrogen) atoms. The minimum Gasteiger partial charge on any atom is -0.384 e. The standard InChI is InChI=1S/C15H18N2O3/c1-11(18)13-16-14(17-20-13)15(7-9-19-10-8-15)12-5-3-2-4-6-12/h2-6,11,18H,7-10H2,1H3/t11-/m0/s1. The van der Waals surface area contributed by atoms with Gasteiger partial charge in [0, 0.05) is 13.2 Å². The van der Waals surface area contributed by atoms with Crippen LogP contribution in [0, 0.1) is 0 Å². The molecule has 1 saturated heterocycles. The van der Waals surface area contributed by atoms with Crippen molar-refractivity contribution < 1.29 is 14.4 Å². The van der Waals surface area contributed by atoms with E-state index in [-0.39, 0.29) is 11.3 Å². The largest absolute Gasteiger partial charge is 0.384 e. The monoisotopic (exact) mass is 274 g/mol. The average Bonchev–Trinajstić information content (AvgIpc) is 2.99. The molecular weight excluding hydrogens is 256 g/mol. The number of benzene rings is 1. The van der Waals surface area contributed by atoms with Crippen LogP contribution in [0.25, 0.3) is 0 Å². The first-order chi connectivity index (χ1) is 9.72. The molecule has 0 radical (unpaired) electrons. The Morgan fingerprint density at radius 3 is 2.50 bits per heavy atom. The number of ether oxygens (including phenoxy) is 1. The second-order valence-corrected chi connectivity index (χ2v) is 5.19. The van der Waals surface area contributed by atoms with Crippen molar-refractivity contribution in [1.29, 1.82) is 0 Å². The van der Waals surface area contributed by atoms with E-state index in [2.05, 4.69) is 22.3 Å². The van der Waals surface area contributed by atoms with Crippen LogP contribution in [0.2, 0.25) is 0 Å². The maximum absolute atomic E-state index is 9.57. The Kier molecular flexibility index (Phi) is 3.54. The van der Waals surface area contributed by atoms with Crippen LogP contribution < -0.4 is 0 Å². The number of aliphatic hydroxyl groups excluding tert-OH is 1. The van der Waals surface area contributed by atoms with E-state index in [0.29, 0.717) is 19.0 Å². The van der Waals surface area contributed by atoms with Crippen molar-refractivity contribution in [3.05, 3.63) is 47.6 Å². The van der Waals surface area contributed by atoms with Crippen LogP contribution in [0.1, 0.15) is 43.1 Å². The highest BCUT2D eigenvalue weighted by Crippen LogP contribution is 2.39. The van der Waals surface area contributed by atoms with E-state index in [4.69, 9.17) is 9.26 Å². The molecule has 1 aliphatic rings. The molecule has 0 aliphatic carbocycles. The zero-order valence-electron chi connectivity index (χ0n) is 11.5. The molecule has 0 spiro atoms. The van der Waals surface area contributed by atoms with Crippen molar-refractivity contribution in [2.45, 2.75) is 31.3 Å². The van der Waals surface area contributed by atoms with Crippen LogP contribution >= 0.6 is 0 Å². The lowest BCUT2D eigenvalue weighted by atomic mass is 9.73. The molecule has 1 N–H and O–H groups in total. The quantitative estimate of drug-likeness (QED) is 0.929. The smallest absolute Gasteiger partial charge is 0.255 e. The Bertz CT molecular complexity index is 560. The number of hydrogen-bond acceptors (Lipinski definition) is 5. The zero-order valence-corrected chi connectivity index (χ0v) is 11.5. The third-order valence-electron chi connectivity index (χ3n) is 3.90. The van der Waals surface area contributed by atoms with Gasteiger partial charge >= 0.3 is 0 Å². The van der Waals surface area contributed by atoms with E-state index < -0.39 is 6.10 Å². The Morgan fingerprint density at radius 1 is 1.20 bits per heavy atom. The number of aromatic nitrogens is 2. The molecule has 1 aromatic heterocycles. The highest BCUT2D eigenvalue weighted by Gasteiger charge is 2.40. The van der Waals surface area contributed by atoms with Gasteiger partial charge in [-0.25, -0.2) is 0 Å². The van der Waals surface area contributed by atoms with Gasteiger partial charge in [0.15, 0.2) is 5.82 Å². The second-order valence-electron chi connectivity index (χ2n) is 5.19. The van der Waals surface area contributed by atoms with Crippen LogP contribution in [0.5, 0.6) is 0 Å². The van der Waals surface area contributed by atoms with Crippen molar-refractivity contribution in [3.8, 4) is 0 Å². The normalized spacial score (nSPS) is 19.7. The fraction of sp³-hybridized carbons (Fsp3) is 0.467. The molecule has 5 nitrogen and oxygen atoms in total. The molecule has 5 heteroatoms. The predicted octanol–water partition coefficient (Wildman–Crippen LogP) is 2.22. The molecule has 1 fully saturated rings. The van der Waals surface area contributed by atoms with Gasteiger partial charge in [-0.05, 0) is 25.3 Å². The zero-order chi connectivity index (χ0) is 14.0. The topological polar surface area (TPSA) is 68.4 Å². The third kappa shape index (κ3) is 2.23. The lowest BCUT2D eigenvalue weighted by molar-refractivity contribution is 0.0597. The van der Waals surface area contributed by atoms with Gasteiger partial charge in [-0.1, -0.05) is 35.5 Å². The van der Waals surface area contributed by atoms with Crippen molar-refractivity contribution in [2.75, 3.05) is 13.2 Å². The van der Waals surface area contributed by atoms with E-state index in [1.54, 1.807) is 6.92 Å². The Morgan fingerprint density at radius 2 is 1.90 bits per heavy atom. The van der Waals surface area contributed by atoms with Gasteiger partial charge in [0.2, 0.25) is 0 Å². The molecule has 3 rings (SSSR count). The van der Waals surface area contributed by atoms with E-state index in [1.807, 2.05) is 18.2 Å². The van der Waals surface area contributed by atoms with Gasteiger partial charge in [0.05, 0.1) is 5.41 Å². The van der Waals surface area contributed by atoms with Crippen LogP contribution in [-0.2, 0) is 10.2 Å². The predicted molar refractivity (Wildman–Crippen MR) is 72.2 cm³/mol. The van der Waals surface area contributed by atoms with E-state index in [1.165, 1.54) is 5.56 Å². The van der Waals surface area contributed by atoms with Crippen molar-refractivity contribution >= 4 is 0 Å². The van der Waals surface area contributed by atoms with Gasteiger partial charge < -0.3 is 14.4 Å². The third-order valence-corrected chi connectivity index (χ3v) is 3.90. The number of aliphatic hydroxyl groups is 1. The van der Waals surface area contributed by atoms with Gasteiger partial charge in [-0.2, -0.15) is 4.98 Å². The fourth-order valence-corrected chi connectivity index (χ4v) is 2.72. The van der Waals surface area contributed by atoms with Gasteiger partial charge in [0.25, 0.3) is 5.89 Å². The van der Waals surface area contributed by atoms with E-state index in [9.17, 15) is 5.11 Å². The highest BCUT2D eigenvalue weighted by atomic mass is 16.5. The second kappa shape index (κ2) is 5.34. The molecule has 2 heterocycles. The first kappa shape index (κ1) is 13.3. The van der Waals surface area contributed by atoms with Crippen LogP contribution in [0.3, 0.4) is 0 Å². The SMILES string of the molecule is C[C@H](O)c1nc(C2(c3ccccc3)CCOCC2)no1. The summed E-state index contributed by atoms with van der Waals surface area (Å²) in [4.78, 5) is 4.40. The van der Waals surface area contributed by atoms with Crippen LogP contribution in [0.4, 0.5) is 0 Å². The summed E-state index contributed by atoms with van der Waals surface area (Å²) in [6.45, 7) is 2.97. The van der Waals surface area contributed by atoms with Crippen molar-refractivity contribution in [2.24, 2.45) is 0 Å². The molecule has 1 atom stereocenters. The first-order valence-electron chi connectivity index (χ1n) is 6.88. The summed E-state index contributed by atoms with van der Waals surface area (Å²) in [6.07, 6.45) is 0.884. The number of hydrogen-bond donors (Lipinski definition) is 1. The molecule has 0 saturated carbocycles. The number of rotatable bonds is 3. The van der Waals surface area contributed by atoms with Gasteiger partial charge in [-0.3, -0.25) is 0 Å². The fourth-order valence-electron chi connectivity index (χ4n) is 2.72. The van der Waals surface area contributed by atoms with Crippen LogP contribution in [-0.4, -0.2) is 28.5 Å². The highest BCUT2D eigenvalue weighted by molar-refractivity contribution is 5.33. The molecule has 1 aromatic carbocycles. The van der Waals surface area contributed by atoms with Crippen LogP contribution in [0.15, 0.2) is 34.9 Å². The molecule has 0 amide bonds. The Hall–Kier alpha value is -1.72. The molecule has 0 bridgehead atoms. The summed E-state index contributed by atoms with van der Waals surface area (Å²) < 4.78 is 10.7. The molecule has 1 aliphatic heterocycles. The maximum Gasteiger partial charge on any atom is 0.255 e. The van der Waals surface area contributed by atoms with Crippen molar-refractivity contribution in [3.63, 3.8) is 0 Å². The van der Waals surface area contributed by atoms with Crippen molar-refractivity contribution in [1.82, 2.24) is 10.1 Å². The van der Waals surface area contributed by atoms with Gasteiger partial charge in [-0.15, -0.1) is 0 Å². The Balaban J connectivity index is 2.05. The van der Waals surface area contributed by atoms with E-state index >= 15 is 0 Å². The summed E-state index contributed by atoms with van der Waals surface area (Å²) in [5.41, 5.74) is 0.886. The average molecular weight is 274 g/mol. The molecule has 0 unspecified atom stereocenters. The lowest BCUT2D eigenvalue weighted by Gasteiger charge is -2.34. The summed E-state index contributed by atoms with van der Waals surface area (Å²) in [5.74, 6) is 0.907. The lowest BCUT2D eigenvalue weighted by Crippen LogP contribution is -2.36. The summed E-state index contributed by atoms with van der Waals surface area (Å²) >= 11 is 0. The summed E-state index contributed by atoms with van der Waals surface area (Å²) in [6, 6.07) is 10.2. The minimum absolute atomic E-state index is 0.266.